The maximum atomic E-state index is 6.29. The number of thiazole rings is 1. The first-order valence-electron chi connectivity index (χ1n) is 6.87. The van der Waals surface area contributed by atoms with Gasteiger partial charge in [-0.05, 0) is 18.6 Å². The molecule has 3 aromatic rings. The lowest BCUT2D eigenvalue weighted by atomic mass is 10.2. The first kappa shape index (κ1) is 14.8. The molecule has 3 rings (SSSR count). The molecule has 1 aromatic carbocycles. The van der Waals surface area contributed by atoms with Gasteiger partial charge in [0.1, 0.15) is 16.3 Å². The van der Waals surface area contributed by atoms with E-state index in [1.165, 1.54) is 0 Å². The molecule has 0 radical (unpaired) electrons. The molecule has 2 heterocycles. The van der Waals surface area contributed by atoms with Crippen molar-refractivity contribution in [2.75, 3.05) is 5.88 Å². The van der Waals surface area contributed by atoms with Crippen molar-refractivity contribution in [2.24, 2.45) is 0 Å². The van der Waals surface area contributed by atoms with Crippen molar-refractivity contribution in [1.29, 1.82) is 0 Å². The number of para-hydroxylation sites is 1. The fourth-order valence-electron chi connectivity index (χ4n) is 2.61. The predicted molar refractivity (Wildman–Crippen MR) is 89.7 cm³/mol. The molecule has 6 heteroatoms. The maximum absolute atomic E-state index is 6.29. The van der Waals surface area contributed by atoms with E-state index < -0.39 is 0 Å². The zero-order valence-electron chi connectivity index (χ0n) is 11.6. The molecule has 0 aliphatic carbocycles. The van der Waals surface area contributed by atoms with Crippen LogP contribution < -0.4 is 0 Å². The molecular formula is C15H15Cl2N3S. The molecule has 1 unspecified atom stereocenters. The summed E-state index contributed by atoms with van der Waals surface area (Å²) in [7, 11) is 0. The van der Waals surface area contributed by atoms with Gasteiger partial charge in [0.05, 0.1) is 16.6 Å². The Kier molecular flexibility index (Phi) is 4.48. The van der Waals surface area contributed by atoms with Crippen molar-refractivity contribution < 1.29 is 0 Å². The summed E-state index contributed by atoms with van der Waals surface area (Å²) >= 11 is 13.9. The van der Waals surface area contributed by atoms with Crippen molar-refractivity contribution in [3.8, 4) is 0 Å². The van der Waals surface area contributed by atoms with Crippen molar-refractivity contribution in [1.82, 2.24) is 14.5 Å². The summed E-state index contributed by atoms with van der Waals surface area (Å²) in [6.45, 7) is 2.16. The van der Waals surface area contributed by atoms with Gasteiger partial charge in [0.2, 0.25) is 0 Å². The van der Waals surface area contributed by atoms with Crippen LogP contribution in [0.1, 0.15) is 30.2 Å². The fraction of sp³-hybridized carbons (Fsp3) is 0.333. The Bertz CT molecular complexity index is 737. The molecule has 0 spiro atoms. The third-order valence-electron chi connectivity index (χ3n) is 3.50. The summed E-state index contributed by atoms with van der Waals surface area (Å²) in [5, 5.41) is 3.77. The van der Waals surface area contributed by atoms with E-state index in [0.29, 0.717) is 17.3 Å². The molecule has 0 saturated heterocycles. The van der Waals surface area contributed by atoms with Gasteiger partial charge < -0.3 is 4.57 Å². The summed E-state index contributed by atoms with van der Waals surface area (Å²) in [4.78, 5) is 9.18. The number of nitrogens with zero attached hydrogens (tertiary/aromatic N) is 3. The van der Waals surface area contributed by atoms with Crippen LogP contribution >= 0.6 is 34.5 Å². The lowest BCUT2D eigenvalue weighted by Gasteiger charge is -2.18. The SMILES string of the molecule is CCC(c1nccs1)n1c(CCCl)nc2c(Cl)cccc21. The number of hydrogen-bond acceptors (Lipinski definition) is 3. The lowest BCUT2D eigenvalue weighted by Crippen LogP contribution is -2.13. The van der Waals surface area contributed by atoms with E-state index in [1.54, 1.807) is 11.3 Å². The molecule has 3 nitrogen and oxygen atoms in total. The minimum atomic E-state index is 0.173. The molecule has 0 bridgehead atoms. The Morgan fingerprint density at radius 3 is 2.90 bits per heavy atom. The highest BCUT2D eigenvalue weighted by Gasteiger charge is 2.21. The Labute approximate surface area is 137 Å². The zero-order chi connectivity index (χ0) is 14.8. The number of aryl methyl sites for hydroxylation is 1. The lowest BCUT2D eigenvalue weighted by molar-refractivity contribution is 0.555. The zero-order valence-corrected chi connectivity index (χ0v) is 13.9. The van der Waals surface area contributed by atoms with E-state index in [-0.39, 0.29) is 6.04 Å². The number of rotatable bonds is 5. The molecule has 0 saturated carbocycles. The van der Waals surface area contributed by atoms with Crippen LogP contribution in [0.3, 0.4) is 0 Å². The van der Waals surface area contributed by atoms with E-state index in [0.717, 1.165) is 28.3 Å². The molecule has 1 atom stereocenters. The Morgan fingerprint density at radius 1 is 1.38 bits per heavy atom. The Balaban J connectivity index is 2.23. The van der Waals surface area contributed by atoms with Crippen LogP contribution in [0, 0.1) is 0 Å². The summed E-state index contributed by atoms with van der Waals surface area (Å²) in [5.41, 5.74) is 1.89. The van der Waals surface area contributed by atoms with Crippen LogP contribution in [0.5, 0.6) is 0 Å². The number of benzene rings is 1. The highest BCUT2D eigenvalue weighted by molar-refractivity contribution is 7.09. The molecule has 110 valence electrons. The summed E-state index contributed by atoms with van der Waals surface area (Å²) in [5.74, 6) is 1.50. The van der Waals surface area contributed by atoms with Gasteiger partial charge in [0, 0.05) is 23.9 Å². The largest absolute Gasteiger partial charge is 0.318 e. The fourth-order valence-corrected chi connectivity index (χ4v) is 3.80. The summed E-state index contributed by atoms with van der Waals surface area (Å²) in [6, 6.07) is 6.06. The van der Waals surface area contributed by atoms with Gasteiger partial charge in [-0.1, -0.05) is 24.6 Å². The molecule has 0 N–H and O–H groups in total. The number of imidazole rings is 1. The second kappa shape index (κ2) is 6.34. The van der Waals surface area contributed by atoms with Gasteiger partial charge in [-0.25, -0.2) is 9.97 Å². The van der Waals surface area contributed by atoms with Crippen LogP contribution in [-0.2, 0) is 6.42 Å². The molecule has 0 aliphatic rings. The smallest absolute Gasteiger partial charge is 0.115 e. The third-order valence-corrected chi connectivity index (χ3v) is 4.87. The highest BCUT2D eigenvalue weighted by Crippen LogP contribution is 2.32. The Morgan fingerprint density at radius 2 is 2.24 bits per heavy atom. The molecule has 0 amide bonds. The molecular weight excluding hydrogens is 325 g/mol. The molecule has 0 aliphatic heterocycles. The normalized spacial score (nSPS) is 12.9. The molecule has 2 aromatic heterocycles. The van der Waals surface area contributed by atoms with Gasteiger partial charge in [0.15, 0.2) is 0 Å². The van der Waals surface area contributed by atoms with Gasteiger partial charge in [-0.15, -0.1) is 22.9 Å². The molecule has 0 fully saturated rings. The predicted octanol–water partition coefficient (Wildman–Crippen LogP) is 4.93. The van der Waals surface area contributed by atoms with Crippen molar-refractivity contribution in [3.63, 3.8) is 0 Å². The van der Waals surface area contributed by atoms with Crippen molar-refractivity contribution in [2.45, 2.75) is 25.8 Å². The van der Waals surface area contributed by atoms with E-state index in [4.69, 9.17) is 28.2 Å². The number of aromatic nitrogens is 3. The quantitative estimate of drug-likeness (QED) is 0.617. The van der Waals surface area contributed by atoms with Crippen LogP contribution in [0.15, 0.2) is 29.8 Å². The third kappa shape index (κ3) is 2.68. The maximum Gasteiger partial charge on any atom is 0.115 e. The van der Waals surface area contributed by atoms with Crippen LogP contribution in [-0.4, -0.2) is 20.4 Å². The summed E-state index contributed by atoms with van der Waals surface area (Å²) in [6.07, 6.45) is 3.51. The second-order valence-electron chi connectivity index (χ2n) is 4.74. The Hall–Kier alpha value is -1.10. The van der Waals surface area contributed by atoms with Crippen molar-refractivity contribution >= 4 is 45.6 Å². The molecule has 21 heavy (non-hydrogen) atoms. The van der Waals surface area contributed by atoms with Gasteiger partial charge in [0.25, 0.3) is 0 Å². The van der Waals surface area contributed by atoms with E-state index in [2.05, 4.69) is 22.5 Å². The van der Waals surface area contributed by atoms with Crippen LogP contribution in [0.2, 0.25) is 5.02 Å². The number of halogens is 2. The first-order valence-corrected chi connectivity index (χ1v) is 8.66. The standard InChI is InChI=1S/C15H15Cl2N3S/c1-2-11(15-18-8-9-21-15)20-12-5-3-4-10(17)14(12)19-13(20)6-7-16/h3-5,8-9,11H,2,6-7H2,1H3. The average Bonchev–Trinajstić information content (AvgIpc) is 3.11. The number of alkyl halides is 1. The number of fused-ring (bicyclic) bond motifs is 1. The van der Waals surface area contributed by atoms with Gasteiger partial charge in [-0.2, -0.15) is 0 Å². The monoisotopic (exact) mass is 339 g/mol. The minimum absolute atomic E-state index is 0.173. The highest BCUT2D eigenvalue weighted by atomic mass is 35.5. The van der Waals surface area contributed by atoms with Gasteiger partial charge >= 0.3 is 0 Å². The second-order valence-corrected chi connectivity index (χ2v) is 6.45. The van der Waals surface area contributed by atoms with Crippen LogP contribution in [0.25, 0.3) is 11.0 Å². The minimum Gasteiger partial charge on any atom is -0.318 e. The van der Waals surface area contributed by atoms with E-state index in [1.807, 2.05) is 23.7 Å². The van der Waals surface area contributed by atoms with Gasteiger partial charge in [-0.3, -0.25) is 0 Å². The van der Waals surface area contributed by atoms with E-state index in [9.17, 15) is 0 Å². The average molecular weight is 340 g/mol. The number of hydrogen-bond donors (Lipinski definition) is 0. The summed E-state index contributed by atoms with van der Waals surface area (Å²) < 4.78 is 2.24. The van der Waals surface area contributed by atoms with E-state index >= 15 is 0 Å². The topological polar surface area (TPSA) is 30.7 Å². The van der Waals surface area contributed by atoms with Crippen LogP contribution in [0.4, 0.5) is 0 Å². The first-order chi connectivity index (χ1) is 10.3. The van der Waals surface area contributed by atoms with Crippen molar-refractivity contribution in [3.05, 3.63) is 45.6 Å².